The third-order valence-corrected chi connectivity index (χ3v) is 4.80. The monoisotopic (exact) mass is 420 g/mol. The summed E-state index contributed by atoms with van der Waals surface area (Å²) in [5, 5.41) is 20.9. The van der Waals surface area contributed by atoms with E-state index >= 15 is 0 Å². The van der Waals surface area contributed by atoms with E-state index in [1.54, 1.807) is 30.3 Å². The molecule has 3 atom stereocenters. The van der Waals surface area contributed by atoms with E-state index in [1.165, 1.54) is 0 Å². The van der Waals surface area contributed by atoms with Crippen LogP contribution in [0.1, 0.15) is 25.7 Å². The number of amides is 1. The Morgan fingerprint density at radius 3 is 2.90 bits per heavy atom. The minimum absolute atomic E-state index is 0.0102. The third kappa shape index (κ3) is 7.28. The molecule has 12 nitrogen and oxygen atoms in total. The van der Waals surface area contributed by atoms with Gasteiger partial charge in [-0.25, -0.2) is 4.98 Å². The van der Waals surface area contributed by atoms with Crippen molar-refractivity contribution in [2.75, 3.05) is 24.7 Å². The molecule has 0 aliphatic heterocycles. The molecule has 0 unspecified atom stereocenters. The summed E-state index contributed by atoms with van der Waals surface area (Å²) in [5.74, 6) is 0.881. The van der Waals surface area contributed by atoms with Gasteiger partial charge in [-0.15, -0.1) is 5.10 Å². The Morgan fingerprint density at radius 1 is 1.43 bits per heavy atom. The van der Waals surface area contributed by atoms with E-state index in [9.17, 15) is 4.79 Å². The van der Waals surface area contributed by atoms with Gasteiger partial charge in [0.25, 0.3) is 6.47 Å². The average Bonchev–Trinajstić information content (AvgIpc) is 3.25. The van der Waals surface area contributed by atoms with Crippen molar-refractivity contribution >= 4 is 24.1 Å². The molecule has 1 fully saturated rings. The van der Waals surface area contributed by atoms with Crippen LogP contribution in [0.5, 0.6) is 0 Å². The molecule has 1 aliphatic rings. The second-order valence-electron chi connectivity index (χ2n) is 6.75. The minimum atomic E-state index is -0.250. The Labute approximate surface area is 174 Å². The predicted octanol–water partition coefficient (Wildman–Crippen LogP) is 0.153. The summed E-state index contributed by atoms with van der Waals surface area (Å²) in [6.07, 6.45) is 8.19. The number of methoxy groups -OCH3 is 1. The molecule has 1 saturated carbocycles. The summed E-state index contributed by atoms with van der Waals surface area (Å²) in [4.78, 5) is 29.0. The molecule has 1 aliphatic carbocycles. The number of nitrogens with one attached hydrogen (secondary N) is 2. The zero-order valence-corrected chi connectivity index (χ0v) is 16.8. The molecule has 0 spiro atoms. The van der Waals surface area contributed by atoms with Crippen LogP contribution in [0.4, 0.5) is 11.8 Å². The first-order valence-corrected chi connectivity index (χ1v) is 9.64. The zero-order valence-electron chi connectivity index (χ0n) is 16.8. The number of ether oxygens (including phenoxy) is 1. The standard InChI is InChI=1S/C17H26N8O2.CH2O2/c1-27-14-4-3-12(11-13(14)22-15-5-7-20-17(18)23-15)16(26)19-6-2-9-25-10-8-21-24-25;2-1-3/h5,7-8,10,12-14H,2-4,6,9,11H2,1H3,(H,19,26)(H3,18,20,22,23);1H,(H,2,3)/t12-,13+,14+;/m0./s1. The van der Waals surface area contributed by atoms with E-state index in [2.05, 4.69) is 30.9 Å². The molecule has 164 valence electrons. The molecule has 0 radical (unpaired) electrons. The number of nitrogens with two attached hydrogens (primary N) is 1. The summed E-state index contributed by atoms with van der Waals surface area (Å²) < 4.78 is 7.34. The summed E-state index contributed by atoms with van der Waals surface area (Å²) in [6, 6.07) is 1.75. The zero-order chi connectivity index (χ0) is 21.8. The van der Waals surface area contributed by atoms with Crippen LogP contribution in [0, 0.1) is 5.92 Å². The van der Waals surface area contributed by atoms with Gasteiger partial charge in [-0.1, -0.05) is 5.21 Å². The Hall–Kier alpha value is -3.28. The molecule has 30 heavy (non-hydrogen) atoms. The molecule has 2 heterocycles. The maximum Gasteiger partial charge on any atom is 0.290 e. The van der Waals surface area contributed by atoms with Gasteiger partial charge in [0.1, 0.15) is 5.82 Å². The lowest BCUT2D eigenvalue weighted by molar-refractivity contribution is -0.127. The molecule has 0 bridgehead atoms. The summed E-state index contributed by atoms with van der Waals surface area (Å²) in [6.45, 7) is 1.10. The van der Waals surface area contributed by atoms with Gasteiger partial charge in [-0.3, -0.25) is 14.3 Å². The second kappa shape index (κ2) is 12.3. The smallest absolute Gasteiger partial charge is 0.290 e. The van der Waals surface area contributed by atoms with Crippen molar-refractivity contribution < 1.29 is 19.4 Å². The first-order valence-electron chi connectivity index (χ1n) is 9.64. The Morgan fingerprint density at radius 2 is 2.23 bits per heavy atom. The quantitative estimate of drug-likeness (QED) is 0.340. The first kappa shape index (κ1) is 23.0. The Bertz CT molecular complexity index is 773. The van der Waals surface area contributed by atoms with Crippen LogP contribution >= 0.6 is 0 Å². The van der Waals surface area contributed by atoms with E-state index in [-0.39, 0.29) is 36.4 Å². The topological polar surface area (TPSA) is 170 Å². The van der Waals surface area contributed by atoms with Gasteiger partial charge in [0.15, 0.2) is 0 Å². The number of anilines is 2. The van der Waals surface area contributed by atoms with Crippen molar-refractivity contribution in [1.29, 1.82) is 0 Å². The fraction of sp³-hybridized carbons (Fsp3) is 0.556. The van der Waals surface area contributed by atoms with Crippen LogP contribution in [0.25, 0.3) is 0 Å². The van der Waals surface area contributed by atoms with Crippen LogP contribution < -0.4 is 16.4 Å². The summed E-state index contributed by atoms with van der Waals surface area (Å²) >= 11 is 0. The highest BCUT2D eigenvalue weighted by molar-refractivity contribution is 5.78. The molecule has 2 aromatic rings. The molecule has 3 rings (SSSR count). The number of hydrogen-bond donors (Lipinski definition) is 4. The van der Waals surface area contributed by atoms with Gasteiger partial charge < -0.3 is 26.2 Å². The maximum atomic E-state index is 12.5. The molecule has 0 aromatic carbocycles. The normalized spacial score (nSPS) is 20.5. The van der Waals surface area contributed by atoms with E-state index < -0.39 is 0 Å². The number of nitrogen functional groups attached to an aromatic ring is 1. The van der Waals surface area contributed by atoms with Crippen LogP contribution in [0.2, 0.25) is 0 Å². The van der Waals surface area contributed by atoms with Crippen molar-refractivity contribution in [3.05, 3.63) is 24.7 Å². The van der Waals surface area contributed by atoms with Crippen LogP contribution in [-0.2, 0) is 20.9 Å². The van der Waals surface area contributed by atoms with E-state index in [0.29, 0.717) is 18.8 Å². The Balaban J connectivity index is 0.00000101. The largest absolute Gasteiger partial charge is 0.483 e. The number of nitrogens with zero attached hydrogens (tertiary/aromatic N) is 5. The molecule has 12 heteroatoms. The van der Waals surface area contributed by atoms with Gasteiger partial charge >= 0.3 is 0 Å². The molecule has 0 saturated heterocycles. The number of aryl methyl sites for hydroxylation is 1. The summed E-state index contributed by atoms with van der Waals surface area (Å²) in [7, 11) is 1.69. The minimum Gasteiger partial charge on any atom is -0.483 e. The molecule has 1 amide bonds. The van der Waals surface area contributed by atoms with Gasteiger partial charge in [0.2, 0.25) is 11.9 Å². The lowest BCUT2D eigenvalue weighted by atomic mass is 9.83. The van der Waals surface area contributed by atoms with E-state index in [1.807, 2.05) is 6.20 Å². The van der Waals surface area contributed by atoms with Crippen molar-refractivity contribution in [2.24, 2.45) is 5.92 Å². The third-order valence-electron chi connectivity index (χ3n) is 4.80. The van der Waals surface area contributed by atoms with Crippen molar-refractivity contribution in [3.63, 3.8) is 0 Å². The highest BCUT2D eigenvalue weighted by Gasteiger charge is 2.34. The highest BCUT2D eigenvalue weighted by atomic mass is 16.5. The molecular formula is C18H28N8O4. The molecular weight excluding hydrogens is 392 g/mol. The molecule has 2 aromatic heterocycles. The fourth-order valence-corrected chi connectivity index (χ4v) is 3.41. The second-order valence-corrected chi connectivity index (χ2v) is 6.75. The van der Waals surface area contributed by atoms with Crippen molar-refractivity contribution in [1.82, 2.24) is 30.3 Å². The van der Waals surface area contributed by atoms with Crippen molar-refractivity contribution in [2.45, 2.75) is 44.4 Å². The van der Waals surface area contributed by atoms with Crippen LogP contribution in [-0.4, -0.2) is 68.2 Å². The maximum absolute atomic E-state index is 12.5. The lowest BCUT2D eigenvalue weighted by Crippen LogP contribution is -2.45. The predicted molar refractivity (Wildman–Crippen MR) is 108 cm³/mol. The number of carboxylic acid groups (broad SMARTS) is 1. The van der Waals surface area contributed by atoms with Crippen LogP contribution in [0.3, 0.4) is 0 Å². The number of hydrogen-bond acceptors (Lipinski definition) is 9. The summed E-state index contributed by atoms with van der Waals surface area (Å²) in [5.41, 5.74) is 5.64. The first-order chi connectivity index (χ1) is 14.6. The van der Waals surface area contributed by atoms with Crippen LogP contribution in [0.15, 0.2) is 24.7 Å². The SMILES string of the molecule is CO[C@@H]1CC[C@H](C(=O)NCCCn2ccnn2)C[C@H]1Nc1ccnc(N)n1.O=CO. The fourth-order valence-electron chi connectivity index (χ4n) is 3.41. The number of rotatable bonds is 8. The number of carbonyl (C=O) groups excluding carboxylic acids is 1. The van der Waals surface area contributed by atoms with Gasteiger partial charge in [0.05, 0.1) is 18.3 Å². The molecule has 5 N–H and O–H groups in total. The number of aromatic nitrogens is 5. The van der Waals surface area contributed by atoms with Crippen molar-refractivity contribution in [3.8, 4) is 0 Å². The van der Waals surface area contributed by atoms with E-state index in [0.717, 1.165) is 25.8 Å². The average molecular weight is 420 g/mol. The van der Waals surface area contributed by atoms with Gasteiger partial charge in [0, 0.05) is 38.5 Å². The van der Waals surface area contributed by atoms with Gasteiger partial charge in [-0.05, 0) is 31.7 Å². The van der Waals surface area contributed by atoms with Gasteiger partial charge in [-0.2, -0.15) is 4.98 Å². The Kier molecular flexibility index (Phi) is 9.45. The van der Waals surface area contributed by atoms with E-state index in [4.69, 9.17) is 20.4 Å². The lowest BCUT2D eigenvalue weighted by Gasteiger charge is -2.35. The highest BCUT2D eigenvalue weighted by Crippen LogP contribution is 2.28. The number of carbonyl (C=O) groups is 2.